The van der Waals surface area contributed by atoms with Crippen LogP contribution in [0, 0.1) is 0 Å². The van der Waals surface area contributed by atoms with Crippen LogP contribution in [0.2, 0.25) is 0 Å². The minimum Gasteiger partial charge on any atom is -0.248 e. The monoisotopic (exact) mass is 713 g/mol. The summed E-state index contributed by atoms with van der Waals surface area (Å²) in [5.74, 6) is 0.700. The summed E-state index contributed by atoms with van der Waals surface area (Å²) in [5, 5.41) is 3.60. The summed E-state index contributed by atoms with van der Waals surface area (Å²) < 4.78 is 0. The van der Waals surface area contributed by atoms with E-state index in [9.17, 15) is 0 Å². The van der Waals surface area contributed by atoms with Gasteiger partial charge in [0.25, 0.3) is 0 Å². The van der Waals surface area contributed by atoms with Crippen molar-refractivity contribution in [2.75, 3.05) is 0 Å². The van der Waals surface area contributed by atoms with E-state index in [1.807, 2.05) is 24.3 Å². The maximum absolute atomic E-state index is 5.25. The average Bonchev–Trinajstić information content (AvgIpc) is 3.29. The van der Waals surface area contributed by atoms with Gasteiger partial charge in [0.1, 0.15) is 0 Å². The first-order valence-electron chi connectivity index (χ1n) is 18.9. The highest BCUT2D eigenvalue weighted by atomic mass is 14.9. The van der Waals surface area contributed by atoms with Gasteiger partial charge in [-0.25, -0.2) is 15.0 Å². The molecular weight excluding hydrogens is 679 g/mol. The van der Waals surface area contributed by atoms with Crippen molar-refractivity contribution in [3.63, 3.8) is 0 Å². The summed E-state index contributed by atoms with van der Waals surface area (Å²) >= 11 is 0. The topological polar surface area (TPSA) is 38.7 Å². The maximum Gasteiger partial charge on any atom is 0.160 e. The molecule has 0 radical (unpaired) electrons. The fourth-order valence-corrected chi connectivity index (χ4v) is 7.64. The number of benzene rings is 8. The molecule has 10 rings (SSSR count). The largest absolute Gasteiger partial charge is 0.248 e. The first-order valence-corrected chi connectivity index (χ1v) is 18.9. The molecule has 3 heteroatoms. The van der Waals surface area contributed by atoms with Crippen molar-refractivity contribution in [2.24, 2.45) is 0 Å². The first kappa shape index (κ1) is 33.1. The van der Waals surface area contributed by atoms with Crippen molar-refractivity contribution >= 4 is 21.7 Å². The Bertz CT molecular complexity index is 2990. The molecule has 0 saturated carbocycles. The molecule has 0 atom stereocenters. The number of rotatable bonds is 7. The van der Waals surface area contributed by atoms with E-state index in [4.69, 9.17) is 15.0 Å². The van der Waals surface area contributed by atoms with Crippen LogP contribution in [-0.2, 0) is 0 Å². The smallest absolute Gasteiger partial charge is 0.160 e. The molecule has 0 saturated heterocycles. The van der Waals surface area contributed by atoms with Gasteiger partial charge in [-0.2, -0.15) is 0 Å². The Morgan fingerprint density at radius 3 is 1.41 bits per heavy atom. The highest BCUT2D eigenvalue weighted by Gasteiger charge is 2.15. The Morgan fingerprint density at radius 1 is 0.268 bits per heavy atom. The normalized spacial score (nSPS) is 11.2. The third-order valence-electron chi connectivity index (χ3n) is 10.5. The Kier molecular flexibility index (Phi) is 8.51. The summed E-state index contributed by atoms with van der Waals surface area (Å²) in [6, 6.07) is 74.5. The van der Waals surface area contributed by atoms with E-state index in [1.54, 1.807) is 0 Å². The van der Waals surface area contributed by atoms with Crippen molar-refractivity contribution in [3.8, 4) is 78.5 Å². The fraction of sp³-hybridized carbons (Fsp3) is 0. The second-order valence-electron chi connectivity index (χ2n) is 14.0. The molecule has 0 amide bonds. The molecule has 8 aromatic carbocycles. The van der Waals surface area contributed by atoms with E-state index < -0.39 is 0 Å². The summed E-state index contributed by atoms with van der Waals surface area (Å²) in [7, 11) is 0. The highest BCUT2D eigenvalue weighted by Crippen LogP contribution is 2.38. The van der Waals surface area contributed by atoms with Gasteiger partial charge in [-0.3, -0.25) is 0 Å². The summed E-state index contributed by atoms with van der Waals surface area (Å²) in [4.78, 5) is 15.4. The maximum atomic E-state index is 5.25. The van der Waals surface area contributed by atoms with Crippen LogP contribution in [0.4, 0.5) is 0 Å². The molecule has 2 heterocycles. The lowest BCUT2D eigenvalue weighted by Crippen LogP contribution is -1.96. The third-order valence-corrected chi connectivity index (χ3v) is 10.5. The van der Waals surface area contributed by atoms with Crippen molar-refractivity contribution in [1.82, 2.24) is 15.0 Å². The van der Waals surface area contributed by atoms with Crippen LogP contribution >= 0.6 is 0 Å². The lowest BCUT2D eigenvalue weighted by Gasteiger charge is -2.14. The van der Waals surface area contributed by atoms with E-state index >= 15 is 0 Å². The molecule has 0 aliphatic carbocycles. The standard InChI is InChI=1S/C53H35N3/c1-4-14-36(15-5-1)42-21-12-24-45(32-42)51-35-50(55-53(56-51)41-19-8-3-9-20-41)40-28-26-37(27-29-40)43-22-13-23-44(33-43)49-34-47(38-16-6-2-7-17-38)52-46-25-11-10-18-39(46)30-31-48(52)54-49/h1-35H. The minimum absolute atomic E-state index is 0.700. The quantitative estimate of drug-likeness (QED) is 0.154. The van der Waals surface area contributed by atoms with Gasteiger partial charge in [0.05, 0.1) is 22.6 Å². The highest BCUT2D eigenvalue weighted by molar-refractivity contribution is 6.13. The molecule has 0 aliphatic heterocycles. The van der Waals surface area contributed by atoms with Gasteiger partial charge >= 0.3 is 0 Å². The summed E-state index contributed by atoms with van der Waals surface area (Å²) in [5.41, 5.74) is 14.8. The molecule has 3 nitrogen and oxygen atoms in total. The lowest BCUT2D eigenvalue weighted by atomic mass is 9.94. The Morgan fingerprint density at radius 2 is 0.750 bits per heavy atom. The molecule has 0 bridgehead atoms. The number of aromatic nitrogens is 3. The summed E-state index contributed by atoms with van der Waals surface area (Å²) in [6.45, 7) is 0. The van der Waals surface area contributed by atoms with E-state index in [-0.39, 0.29) is 0 Å². The van der Waals surface area contributed by atoms with E-state index in [2.05, 4.69) is 188 Å². The zero-order valence-corrected chi connectivity index (χ0v) is 30.5. The van der Waals surface area contributed by atoms with Crippen LogP contribution in [0.1, 0.15) is 0 Å². The SMILES string of the molecule is c1ccc(-c2cccc(-c3cc(-c4ccc(-c5cccc(-c6cc(-c7ccccc7)c7c(ccc8ccccc87)n6)c5)cc4)nc(-c4ccccc4)n3)c2)cc1. The van der Waals surface area contributed by atoms with E-state index in [1.165, 1.54) is 32.8 Å². The molecule has 262 valence electrons. The molecule has 0 fully saturated rings. The molecule has 0 aliphatic rings. The average molecular weight is 714 g/mol. The lowest BCUT2D eigenvalue weighted by molar-refractivity contribution is 1.18. The zero-order valence-electron chi connectivity index (χ0n) is 30.5. The zero-order chi connectivity index (χ0) is 37.3. The Labute approximate surface area is 326 Å². The van der Waals surface area contributed by atoms with Crippen molar-refractivity contribution in [3.05, 3.63) is 212 Å². The van der Waals surface area contributed by atoms with Crippen LogP contribution in [0.15, 0.2) is 212 Å². The molecule has 56 heavy (non-hydrogen) atoms. The predicted octanol–water partition coefficient (Wildman–Crippen LogP) is 13.8. The molecule has 0 spiro atoms. The number of pyridine rings is 1. The van der Waals surface area contributed by atoms with Crippen LogP contribution in [-0.4, -0.2) is 15.0 Å². The second-order valence-corrected chi connectivity index (χ2v) is 14.0. The Hall–Kier alpha value is -7.49. The molecule has 2 aromatic heterocycles. The van der Waals surface area contributed by atoms with Gasteiger partial charge in [0.15, 0.2) is 5.82 Å². The van der Waals surface area contributed by atoms with Gasteiger partial charge in [0.2, 0.25) is 0 Å². The first-order chi connectivity index (χ1) is 27.7. The molecular formula is C53H35N3. The predicted molar refractivity (Wildman–Crippen MR) is 233 cm³/mol. The number of nitrogens with zero attached hydrogens (tertiary/aromatic N) is 3. The second kappa shape index (κ2) is 14.4. The molecule has 10 aromatic rings. The summed E-state index contributed by atoms with van der Waals surface area (Å²) in [6.07, 6.45) is 0. The number of hydrogen-bond donors (Lipinski definition) is 0. The van der Waals surface area contributed by atoms with E-state index in [0.29, 0.717) is 5.82 Å². The van der Waals surface area contributed by atoms with Crippen molar-refractivity contribution in [2.45, 2.75) is 0 Å². The number of hydrogen-bond acceptors (Lipinski definition) is 3. The van der Waals surface area contributed by atoms with Crippen molar-refractivity contribution in [1.29, 1.82) is 0 Å². The van der Waals surface area contributed by atoms with Gasteiger partial charge in [-0.1, -0.05) is 182 Å². The van der Waals surface area contributed by atoms with Gasteiger partial charge in [-0.15, -0.1) is 0 Å². The van der Waals surface area contributed by atoms with Gasteiger partial charge < -0.3 is 0 Å². The van der Waals surface area contributed by atoms with Crippen LogP contribution in [0.3, 0.4) is 0 Å². The van der Waals surface area contributed by atoms with Crippen LogP contribution in [0.25, 0.3) is 100 Å². The van der Waals surface area contributed by atoms with Gasteiger partial charge in [0, 0.05) is 27.6 Å². The van der Waals surface area contributed by atoms with Crippen LogP contribution in [0.5, 0.6) is 0 Å². The molecule has 0 unspecified atom stereocenters. The molecule has 0 N–H and O–H groups in total. The minimum atomic E-state index is 0.700. The number of fused-ring (bicyclic) bond motifs is 3. The van der Waals surface area contributed by atoms with Crippen molar-refractivity contribution < 1.29 is 0 Å². The van der Waals surface area contributed by atoms with E-state index in [0.717, 1.165) is 61.5 Å². The third kappa shape index (κ3) is 6.42. The Balaban J connectivity index is 1.03. The van der Waals surface area contributed by atoms with Crippen LogP contribution < -0.4 is 0 Å². The van der Waals surface area contributed by atoms with Gasteiger partial charge in [-0.05, 0) is 74.5 Å². The fourth-order valence-electron chi connectivity index (χ4n) is 7.64.